The summed E-state index contributed by atoms with van der Waals surface area (Å²) < 4.78 is 13.7. The molecule has 2 aliphatic heterocycles. The van der Waals surface area contributed by atoms with E-state index in [9.17, 15) is 9.90 Å². The van der Waals surface area contributed by atoms with Crippen molar-refractivity contribution >= 4 is 11.6 Å². The van der Waals surface area contributed by atoms with Gasteiger partial charge in [0.2, 0.25) is 5.91 Å². The van der Waals surface area contributed by atoms with E-state index in [2.05, 4.69) is 47.4 Å². The normalized spacial score (nSPS) is 15.7. The van der Waals surface area contributed by atoms with E-state index in [0.717, 1.165) is 39.0 Å². The summed E-state index contributed by atoms with van der Waals surface area (Å²) in [6, 6.07) is 14.3. The van der Waals surface area contributed by atoms with Gasteiger partial charge in [-0.3, -0.25) is 4.79 Å². The maximum atomic E-state index is 11.3. The molecule has 0 aliphatic carbocycles. The van der Waals surface area contributed by atoms with Crippen molar-refractivity contribution in [2.24, 2.45) is 5.96 Å². The second-order valence-electron chi connectivity index (χ2n) is 7.38. The maximum absolute atomic E-state index is 11.3. The van der Waals surface area contributed by atoms with Gasteiger partial charge in [0, 0.05) is 60.0 Å². The average molecular weight is 617 g/mol. The van der Waals surface area contributed by atoms with Crippen LogP contribution >= 0.6 is 0 Å². The van der Waals surface area contributed by atoms with E-state index < -0.39 is 0 Å². The molecule has 1 saturated heterocycles. The van der Waals surface area contributed by atoms with Gasteiger partial charge in [-0.25, -0.2) is 0 Å². The first-order chi connectivity index (χ1) is 14.6. The van der Waals surface area contributed by atoms with Gasteiger partial charge in [-0.1, -0.05) is 31.2 Å². The Balaban J connectivity index is 0.000000952. The largest absolute Gasteiger partial charge is 0.693 e. The molecule has 178 valence electrons. The number of halogens is 1. The van der Waals surface area contributed by atoms with Crippen molar-refractivity contribution < 1.29 is 40.2 Å². The Labute approximate surface area is 204 Å². The molecule has 1 fully saturated rings. The molecule has 2 aromatic rings. The molecule has 7 nitrogen and oxygen atoms in total. The molecular weight excluding hydrogens is 583 g/mol. The molecule has 1 unspecified atom stereocenters. The Morgan fingerprint density at radius 3 is 2.41 bits per heavy atom. The van der Waals surface area contributed by atoms with Gasteiger partial charge in [-0.05, 0) is 54.2 Å². The molecule has 9 heteroatoms. The van der Waals surface area contributed by atoms with Crippen LogP contribution in [0.25, 0.3) is 6.15 Å². The van der Waals surface area contributed by atoms with E-state index in [-0.39, 0.29) is 39.2 Å². The Morgan fingerprint density at radius 2 is 1.88 bits per heavy atom. The molecular formula is C23H34FN4O3W-. The quantitative estimate of drug-likeness (QED) is 0.427. The summed E-state index contributed by atoms with van der Waals surface area (Å²) in [5, 5.41) is 12.6. The molecule has 0 aromatic heterocycles. The van der Waals surface area contributed by atoms with Crippen molar-refractivity contribution in [1.29, 1.82) is 0 Å². The first-order valence-corrected chi connectivity index (χ1v) is 10.3. The Bertz CT molecular complexity index is 806. The van der Waals surface area contributed by atoms with Gasteiger partial charge >= 0.3 is 0 Å². The minimum atomic E-state index is 0. The zero-order valence-electron chi connectivity index (χ0n) is 18.7. The minimum absolute atomic E-state index is 0. The summed E-state index contributed by atoms with van der Waals surface area (Å²) in [5.41, 5.74) is 4.88. The van der Waals surface area contributed by atoms with E-state index >= 15 is 0 Å². The van der Waals surface area contributed by atoms with E-state index in [0.29, 0.717) is 12.2 Å². The van der Waals surface area contributed by atoms with Gasteiger partial charge in [0.05, 0.1) is 6.04 Å². The van der Waals surface area contributed by atoms with Crippen LogP contribution < -0.4 is 16.2 Å². The standard InChI is InChI=1S/C19H20N2O2.C4H10O.FH2N.H2N.W/c22-16-5-7-18-15(11-16)9-10-21(18)12-13-1-3-14(4-2-13)17-6-8-19(23)20-17;1-3-4-5-2;1-2;;/h1-5,7,11,17,22H,6,8-10,12H2,(H,20,23);3-4H2,1-2H3;2H2;1H2;/q;;;-1;. The summed E-state index contributed by atoms with van der Waals surface area (Å²) in [6.45, 7) is 4.83. The second kappa shape index (κ2) is 15.8. The molecule has 2 aromatic carbocycles. The second-order valence-corrected chi connectivity index (χ2v) is 7.38. The first-order valence-electron chi connectivity index (χ1n) is 10.3. The molecule has 0 bridgehead atoms. The molecule has 0 radical (unpaired) electrons. The van der Waals surface area contributed by atoms with Crippen LogP contribution in [-0.4, -0.2) is 31.3 Å². The summed E-state index contributed by atoms with van der Waals surface area (Å²) in [4.78, 5) is 13.7. The average Bonchev–Trinajstić information content (AvgIpc) is 3.37. The predicted molar refractivity (Wildman–Crippen MR) is 122 cm³/mol. The van der Waals surface area contributed by atoms with Gasteiger partial charge in [0.25, 0.3) is 0 Å². The van der Waals surface area contributed by atoms with Crippen LogP contribution in [0.4, 0.5) is 10.2 Å². The summed E-state index contributed by atoms with van der Waals surface area (Å²) in [5.74, 6) is 3.49. The number of nitrogens with zero attached hydrogens (tertiary/aromatic N) is 1. The number of methoxy groups -OCH3 is 1. The van der Waals surface area contributed by atoms with Crippen LogP contribution in [-0.2, 0) is 43.6 Å². The molecule has 4 rings (SSSR count). The summed E-state index contributed by atoms with van der Waals surface area (Å²) in [6.07, 6.45) is 3.62. The number of phenols is 1. The number of aromatic hydroxyl groups is 1. The van der Waals surface area contributed by atoms with Gasteiger partial charge < -0.3 is 26.2 Å². The molecule has 2 aliphatic rings. The van der Waals surface area contributed by atoms with Gasteiger partial charge in [0.15, 0.2) is 0 Å². The summed E-state index contributed by atoms with van der Waals surface area (Å²) >= 11 is 0. The van der Waals surface area contributed by atoms with E-state index in [1.165, 1.54) is 22.4 Å². The number of carbonyl (C=O) groups is 1. The Hall–Kier alpha value is -1.99. The van der Waals surface area contributed by atoms with E-state index in [1.807, 2.05) is 12.1 Å². The topological polar surface area (TPSA) is 121 Å². The number of hydrogen-bond acceptors (Lipinski definition) is 5. The fourth-order valence-electron chi connectivity index (χ4n) is 3.76. The molecule has 6 N–H and O–H groups in total. The van der Waals surface area contributed by atoms with Crippen LogP contribution in [0.1, 0.15) is 48.9 Å². The number of hydrogen-bond donors (Lipinski definition) is 3. The third-order valence-corrected chi connectivity index (χ3v) is 5.21. The van der Waals surface area contributed by atoms with Crippen molar-refractivity contribution in [2.75, 3.05) is 25.2 Å². The number of nitrogens with two attached hydrogens (primary N) is 2. The Kier molecular flexibility index (Phi) is 14.8. The number of phenolic OH excluding ortho intramolecular Hbond substituents is 1. The zero-order valence-corrected chi connectivity index (χ0v) is 21.7. The maximum Gasteiger partial charge on any atom is 0.220 e. The van der Waals surface area contributed by atoms with Gasteiger partial charge in [0.1, 0.15) is 5.75 Å². The smallest absolute Gasteiger partial charge is 0.220 e. The van der Waals surface area contributed by atoms with Crippen molar-refractivity contribution in [1.82, 2.24) is 5.32 Å². The third kappa shape index (κ3) is 8.51. The molecule has 32 heavy (non-hydrogen) atoms. The summed E-state index contributed by atoms with van der Waals surface area (Å²) in [7, 11) is 1.71. The number of carbonyl (C=O) groups excluding carboxylic acids is 1. The number of benzene rings is 2. The predicted octanol–water partition coefficient (Wildman–Crippen LogP) is 4.49. The van der Waals surface area contributed by atoms with Crippen molar-refractivity contribution in [2.45, 2.75) is 45.2 Å². The molecule has 0 spiro atoms. The molecule has 1 amide bonds. The van der Waals surface area contributed by atoms with Crippen LogP contribution in [0.5, 0.6) is 5.75 Å². The van der Waals surface area contributed by atoms with E-state index in [4.69, 9.17) is 9.22 Å². The molecule has 1 atom stereocenters. The van der Waals surface area contributed by atoms with Crippen LogP contribution in [0.2, 0.25) is 0 Å². The number of amides is 1. The molecule has 0 saturated carbocycles. The first kappa shape index (κ1) is 30.0. The van der Waals surface area contributed by atoms with Crippen LogP contribution in [0.15, 0.2) is 42.5 Å². The van der Waals surface area contributed by atoms with Crippen molar-refractivity contribution in [3.63, 3.8) is 0 Å². The van der Waals surface area contributed by atoms with E-state index in [1.54, 1.807) is 13.2 Å². The van der Waals surface area contributed by atoms with Gasteiger partial charge in [-0.2, -0.15) is 5.96 Å². The fourth-order valence-corrected chi connectivity index (χ4v) is 3.76. The number of anilines is 1. The number of rotatable bonds is 5. The van der Waals surface area contributed by atoms with Crippen LogP contribution in [0.3, 0.4) is 0 Å². The third-order valence-electron chi connectivity index (χ3n) is 5.21. The number of ether oxygens (including phenoxy) is 1. The van der Waals surface area contributed by atoms with Crippen LogP contribution in [0, 0.1) is 0 Å². The SMILES string of the molecule is CCCOC.NF.O=C1CCC(c2ccc(CN3CCc4cc(O)ccc43)cc2)N1.[NH2-].[W]. The fraction of sp³-hybridized carbons (Fsp3) is 0.435. The van der Waals surface area contributed by atoms with Gasteiger partial charge in [-0.15, -0.1) is 4.48 Å². The molecule has 2 heterocycles. The minimum Gasteiger partial charge on any atom is -0.693 e. The number of nitrogens with one attached hydrogen (secondary N) is 1. The number of fused-ring (bicyclic) bond motifs is 1. The Morgan fingerprint density at radius 1 is 1.19 bits per heavy atom. The van der Waals surface area contributed by atoms with Crippen molar-refractivity contribution in [3.05, 3.63) is 65.3 Å². The monoisotopic (exact) mass is 617 g/mol. The van der Waals surface area contributed by atoms with Crippen molar-refractivity contribution in [3.8, 4) is 5.75 Å². The zero-order chi connectivity index (χ0) is 21.9.